The predicted octanol–water partition coefficient (Wildman–Crippen LogP) is 1.84. The van der Waals surface area contributed by atoms with Crippen molar-refractivity contribution in [3.63, 3.8) is 0 Å². The molecule has 1 N–H and O–H groups in total. The van der Waals surface area contributed by atoms with Crippen molar-refractivity contribution in [2.45, 2.75) is 0 Å². The molecule has 0 aromatic heterocycles. The minimum atomic E-state index is -1.14. The fourth-order valence-electron chi connectivity index (χ4n) is 2.11. The second-order valence-corrected chi connectivity index (χ2v) is 5.88. The van der Waals surface area contributed by atoms with Crippen LogP contribution in [0.15, 0.2) is 23.1 Å². The van der Waals surface area contributed by atoms with Gasteiger partial charge in [-0.2, -0.15) is 0 Å². The lowest BCUT2D eigenvalue weighted by Crippen LogP contribution is -2.31. The van der Waals surface area contributed by atoms with E-state index in [2.05, 4.69) is 0 Å². The van der Waals surface area contributed by atoms with Gasteiger partial charge in [-0.05, 0) is 23.9 Å². The summed E-state index contributed by atoms with van der Waals surface area (Å²) in [5.74, 6) is -1.06. The van der Waals surface area contributed by atoms with E-state index in [9.17, 15) is 14.4 Å². The highest BCUT2D eigenvalue weighted by Crippen LogP contribution is 2.37. The third kappa shape index (κ3) is 4.52. The van der Waals surface area contributed by atoms with E-state index < -0.39 is 18.5 Å². The van der Waals surface area contributed by atoms with E-state index in [0.29, 0.717) is 11.3 Å². The van der Waals surface area contributed by atoms with Gasteiger partial charge in [-0.3, -0.25) is 14.5 Å². The highest BCUT2D eigenvalue weighted by atomic mass is 32.2. The highest BCUT2D eigenvalue weighted by Gasteiger charge is 2.34. The maximum Gasteiger partial charge on any atom is 0.341 e. The number of carboxylic acid groups (broad SMARTS) is 1. The minimum absolute atomic E-state index is 0.166. The van der Waals surface area contributed by atoms with Gasteiger partial charge in [0.05, 0.1) is 25.2 Å². The zero-order valence-electron chi connectivity index (χ0n) is 13.7. The largest absolute Gasteiger partial charge is 0.493 e. The summed E-state index contributed by atoms with van der Waals surface area (Å²) < 4.78 is 15.3. The molecule has 25 heavy (non-hydrogen) atoms. The molecule has 1 aliphatic heterocycles. The molecule has 0 spiro atoms. The van der Waals surface area contributed by atoms with Crippen LogP contribution in [0.2, 0.25) is 0 Å². The number of hydrogen-bond acceptors (Lipinski definition) is 7. The van der Waals surface area contributed by atoms with Crippen LogP contribution in [0.1, 0.15) is 5.56 Å². The molecule has 1 fully saturated rings. The van der Waals surface area contributed by atoms with Crippen molar-refractivity contribution in [1.29, 1.82) is 0 Å². The molecule has 0 radical (unpaired) electrons. The molecule has 2 rings (SSSR count). The van der Waals surface area contributed by atoms with E-state index in [4.69, 9.17) is 19.3 Å². The quantitative estimate of drug-likeness (QED) is 0.695. The van der Waals surface area contributed by atoms with Crippen LogP contribution in [-0.4, -0.2) is 61.1 Å². The van der Waals surface area contributed by atoms with E-state index in [0.717, 1.165) is 16.7 Å². The van der Waals surface area contributed by atoms with Crippen LogP contribution in [0, 0.1) is 0 Å². The fraction of sp³-hybridized carbons (Fsp3) is 0.312. The van der Waals surface area contributed by atoms with Crippen molar-refractivity contribution in [2.75, 3.05) is 34.0 Å². The van der Waals surface area contributed by atoms with Crippen molar-refractivity contribution in [3.05, 3.63) is 28.7 Å². The molecule has 0 bridgehead atoms. The molecular formula is C16H17NO7S. The lowest BCUT2D eigenvalue weighted by molar-refractivity contribution is -0.139. The molecule has 1 aromatic carbocycles. The van der Waals surface area contributed by atoms with Crippen molar-refractivity contribution in [3.8, 4) is 11.5 Å². The maximum atomic E-state index is 12.4. The van der Waals surface area contributed by atoms with Gasteiger partial charge in [-0.25, -0.2) is 4.79 Å². The standard InChI is InChI=1S/C16H17NO7S/c1-22-7-6-17-15(20)12(25-16(17)21)8-10-4-3-5-11(23-2)14(10)24-9-13(18)19/h3-5,8H,6-7,9H2,1-2H3,(H,18,19)/b12-8+. The van der Waals surface area contributed by atoms with Crippen molar-refractivity contribution >= 4 is 35.0 Å². The molecule has 0 atom stereocenters. The van der Waals surface area contributed by atoms with Gasteiger partial charge in [0.1, 0.15) is 0 Å². The summed E-state index contributed by atoms with van der Waals surface area (Å²) in [6.07, 6.45) is 1.48. The van der Waals surface area contributed by atoms with Crippen LogP contribution in [0.25, 0.3) is 6.08 Å². The number of nitrogens with zero attached hydrogens (tertiary/aromatic N) is 1. The lowest BCUT2D eigenvalue weighted by atomic mass is 10.1. The van der Waals surface area contributed by atoms with Crippen molar-refractivity contribution < 1.29 is 33.7 Å². The molecule has 1 heterocycles. The zero-order chi connectivity index (χ0) is 18.4. The number of benzene rings is 1. The summed E-state index contributed by atoms with van der Waals surface area (Å²) in [6, 6.07) is 4.93. The van der Waals surface area contributed by atoms with Crippen LogP contribution in [0.4, 0.5) is 4.79 Å². The monoisotopic (exact) mass is 367 g/mol. The third-order valence-corrected chi connectivity index (χ3v) is 4.16. The summed E-state index contributed by atoms with van der Waals surface area (Å²) in [6.45, 7) is -0.146. The second kappa shape index (κ2) is 8.54. The molecule has 0 aliphatic carbocycles. The van der Waals surface area contributed by atoms with E-state index in [-0.39, 0.29) is 29.0 Å². The average molecular weight is 367 g/mol. The van der Waals surface area contributed by atoms with E-state index in [1.54, 1.807) is 18.2 Å². The van der Waals surface area contributed by atoms with Crippen molar-refractivity contribution in [1.82, 2.24) is 4.90 Å². The van der Waals surface area contributed by atoms with Gasteiger partial charge in [0.2, 0.25) is 0 Å². The van der Waals surface area contributed by atoms with Crippen LogP contribution >= 0.6 is 11.8 Å². The molecule has 9 heteroatoms. The molecule has 1 aliphatic rings. The third-order valence-electron chi connectivity index (χ3n) is 3.25. The van der Waals surface area contributed by atoms with Gasteiger partial charge in [0, 0.05) is 12.7 Å². The van der Waals surface area contributed by atoms with Gasteiger partial charge >= 0.3 is 5.97 Å². The molecule has 8 nitrogen and oxygen atoms in total. The highest BCUT2D eigenvalue weighted by molar-refractivity contribution is 8.18. The van der Waals surface area contributed by atoms with Gasteiger partial charge in [0.25, 0.3) is 11.1 Å². The first-order chi connectivity index (χ1) is 12.0. The van der Waals surface area contributed by atoms with Gasteiger partial charge in [0.15, 0.2) is 18.1 Å². The molecule has 134 valence electrons. The number of carbonyl (C=O) groups is 3. The van der Waals surface area contributed by atoms with E-state index in [1.807, 2.05) is 0 Å². The number of hydrogen-bond donors (Lipinski definition) is 1. The number of amides is 2. The Hall–Kier alpha value is -2.52. The molecule has 1 aromatic rings. The Morgan fingerprint density at radius 1 is 1.32 bits per heavy atom. The zero-order valence-corrected chi connectivity index (χ0v) is 14.5. The van der Waals surface area contributed by atoms with Crippen LogP contribution in [0.3, 0.4) is 0 Å². The van der Waals surface area contributed by atoms with Crippen LogP contribution < -0.4 is 9.47 Å². The van der Waals surface area contributed by atoms with Gasteiger partial charge in [-0.1, -0.05) is 12.1 Å². The SMILES string of the molecule is COCCN1C(=O)S/C(=C/c2cccc(OC)c2OCC(=O)O)C1=O. The summed E-state index contributed by atoms with van der Waals surface area (Å²) in [5.41, 5.74) is 0.442. The number of thioether (sulfide) groups is 1. The minimum Gasteiger partial charge on any atom is -0.493 e. The predicted molar refractivity (Wildman–Crippen MR) is 90.7 cm³/mol. The number of imide groups is 1. The molecular weight excluding hydrogens is 350 g/mol. The Bertz CT molecular complexity index is 716. The number of para-hydroxylation sites is 1. The summed E-state index contributed by atoms with van der Waals surface area (Å²) in [7, 11) is 2.91. The lowest BCUT2D eigenvalue weighted by Gasteiger charge is -2.12. The number of carboxylic acids is 1. The Morgan fingerprint density at radius 2 is 2.08 bits per heavy atom. The molecule has 0 saturated carbocycles. The number of ether oxygens (including phenoxy) is 3. The summed E-state index contributed by atoms with van der Waals surface area (Å²) in [5, 5.41) is 8.42. The number of rotatable bonds is 8. The summed E-state index contributed by atoms with van der Waals surface area (Å²) in [4.78, 5) is 36.4. The first-order valence-corrected chi connectivity index (χ1v) is 8.05. The van der Waals surface area contributed by atoms with E-state index in [1.165, 1.54) is 20.3 Å². The Kier molecular flexibility index (Phi) is 6.43. The average Bonchev–Trinajstić information content (AvgIpc) is 2.85. The normalized spacial score (nSPS) is 15.8. The Labute approximate surface area is 148 Å². The molecule has 0 unspecified atom stereocenters. The first-order valence-electron chi connectivity index (χ1n) is 7.23. The number of carbonyl (C=O) groups excluding carboxylic acids is 2. The summed E-state index contributed by atoms with van der Waals surface area (Å²) >= 11 is 0.804. The topological polar surface area (TPSA) is 102 Å². The Morgan fingerprint density at radius 3 is 2.72 bits per heavy atom. The van der Waals surface area contributed by atoms with Gasteiger partial charge < -0.3 is 19.3 Å². The first kappa shape index (κ1) is 18.8. The molecule has 1 saturated heterocycles. The second-order valence-electron chi connectivity index (χ2n) is 4.89. The van der Waals surface area contributed by atoms with Crippen LogP contribution in [0.5, 0.6) is 11.5 Å². The van der Waals surface area contributed by atoms with E-state index >= 15 is 0 Å². The number of aliphatic carboxylic acids is 1. The maximum absolute atomic E-state index is 12.4. The van der Waals surface area contributed by atoms with Crippen molar-refractivity contribution in [2.24, 2.45) is 0 Å². The van der Waals surface area contributed by atoms with Crippen LogP contribution in [-0.2, 0) is 14.3 Å². The fourth-order valence-corrected chi connectivity index (χ4v) is 2.97. The smallest absolute Gasteiger partial charge is 0.341 e. The molecule has 2 amide bonds. The van der Waals surface area contributed by atoms with Gasteiger partial charge in [-0.15, -0.1) is 0 Å². The Balaban J connectivity index is 2.32. The number of methoxy groups -OCH3 is 2.